The van der Waals surface area contributed by atoms with E-state index in [9.17, 15) is 5.11 Å². The van der Waals surface area contributed by atoms with Gasteiger partial charge in [0.1, 0.15) is 0 Å². The lowest BCUT2D eigenvalue weighted by atomic mass is 9.98. The van der Waals surface area contributed by atoms with Gasteiger partial charge in [0.2, 0.25) is 0 Å². The maximum absolute atomic E-state index is 9.41. The van der Waals surface area contributed by atoms with Crippen molar-refractivity contribution < 1.29 is 19.7 Å². The molecule has 1 aromatic carbocycles. The van der Waals surface area contributed by atoms with E-state index in [0.717, 1.165) is 5.56 Å². The monoisotopic (exact) mass is 277 g/mol. The first-order valence-corrected chi connectivity index (χ1v) is 5.40. The molecule has 0 radical (unpaired) electrons. The second kappa shape index (κ2) is 8.16. The average molecular weight is 278 g/mol. The number of benzene rings is 1. The Morgan fingerprint density at radius 2 is 1.89 bits per heavy atom. The molecule has 0 aliphatic heterocycles. The van der Waals surface area contributed by atoms with E-state index in [4.69, 9.17) is 20.3 Å². The number of hydrogen-bond donors (Lipinski definition) is 3. The van der Waals surface area contributed by atoms with Gasteiger partial charge in [-0.2, -0.15) is 0 Å². The van der Waals surface area contributed by atoms with Gasteiger partial charge in [0.25, 0.3) is 0 Å². The first-order valence-electron chi connectivity index (χ1n) is 5.40. The van der Waals surface area contributed by atoms with Crippen molar-refractivity contribution in [3.05, 3.63) is 23.3 Å². The summed E-state index contributed by atoms with van der Waals surface area (Å²) in [6, 6.07) is 3.19. The van der Waals surface area contributed by atoms with E-state index in [1.165, 1.54) is 14.2 Å². The molecule has 0 fully saturated rings. The smallest absolute Gasteiger partial charge is 0.166 e. The number of ether oxygens (including phenoxy) is 2. The molecule has 0 bridgehead atoms. The van der Waals surface area contributed by atoms with Crippen molar-refractivity contribution in [1.29, 1.82) is 0 Å². The van der Waals surface area contributed by atoms with Crippen molar-refractivity contribution >= 4 is 12.4 Å². The highest BCUT2D eigenvalue weighted by atomic mass is 35.5. The number of methoxy groups -OCH3 is 2. The van der Waals surface area contributed by atoms with E-state index in [0.29, 0.717) is 23.5 Å². The molecule has 0 heterocycles. The third-order valence-electron chi connectivity index (χ3n) is 2.68. The Balaban J connectivity index is 0.00000289. The van der Waals surface area contributed by atoms with E-state index in [-0.39, 0.29) is 31.7 Å². The Hall–Kier alpha value is -1.01. The van der Waals surface area contributed by atoms with Crippen LogP contribution in [-0.2, 0) is 6.61 Å². The normalized spacial score (nSPS) is 11.6. The Morgan fingerprint density at radius 3 is 2.33 bits per heavy atom. The molecule has 1 aromatic rings. The summed E-state index contributed by atoms with van der Waals surface area (Å²) < 4.78 is 10.4. The van der Waals surface area contributed by atoms with E-state index in [1.54, 1.807) is 12.1 Å². The number of rotatable bonds is 6. The Bertz CT molecular complexity index is 373. The van der Waals surface area contributed by atoms with Crippen LogP contribution in [0.15, 0.2) is 12.1 Å². The highest BCUT2D eigenvalue weighted by molar-refractivity contribution is 5.85. The molecule has 1 rings (SSSR count). The van der Waals surface area contributed by atoms with Gasteiger partial charge >= 0.3 is 0 Å². The van der Waals surface area contributed by atoms with Gasteiger partial charge in [-0.25, -0.2) is 0 Å². The van der Waals surface area contributed by atoms with Crippen molar-refractivity contribution in [2.45, 2.75) is 19.1 Å². The Labute approximate surface area is 113 Å². The lowest BCUT2D eigenvalue weighted by Gasteiger charge is -2.19. The van der Waals surface area contributed by atoms with Gasteiger partial charge in [-0.1, -0.05) is 6.07 Å². The molecule has 0 saturated carbocycles. The quantitative estimate of drug-likeness (QED) is 0.722. The van der Waals surface area contributed by atoms with E-state index in [2.05, 4.69) is 0 Å². The maximum atomic E-state index is 9.41. The fraction of sp³-hybridized carbons (Fsp3) is 0.500. The van der Waals surface area contributed by atoms with Crippen LogP contribution < -0.4 is 15.2 Å². The van der Waals surface area contributed by atoms with Crippen LogP contribution in [0.4, 0.5) is 0 Å². The SMILES string of the molecule is COc1ccc(C(N)CCO)c(CO)c1OC.Cl. The summed E-state index contributed by atoms with van der Waals surface area (Å²) >= 11 is 0. The van der Waals surface area contributed by atoms with Crippen LogP contribution in [0, 0.1) is 0 Å². The molecular formula is C12H20ClNO4. The summed E-state index contributed by atoms with van der Waals surface area (Å²) in [4.78, 5) is 0. The van der Waals surface area contributed by atoms with Crippen molar-refractivity contribution in [3.63, 3.8) is 0 Å². The van der Waals surface area contributed by atoms with Crippen LogP contribution in [-0.4, -0.2) is 31.0 Å². The molecule has 0 saturated heterocycles. The zero-order chi connectivity index (χ0) is 12.8. The van der Waals surface area contributed by atoms with Crippen LogP contribution in [0.5, 0.6) is 11.5 Å². The largest absolute Gasteiger partial charge is 0.493 e. The van der Waals surface area contributed by atoms with Gasteiger partial charge in [-0.3, -0.25) is 0 Å². The fourth-order valence-electron chi connectivity index (χ4n) is 1.81. The van der Waals surface area contributed by atoms with Gasteiger partial charge in [0.05, 0.1) is 20.8 Å². The molecule has 18 heavy (non-hydrogen) atoms. The van der Waals surface area contributed by atoms with Crippen LogP contribution in [0.2, 0.25) is 0 Å². The molecule has 0 spiro atoms. The summed E-state index contributed by atoms with van der Waals surface area (Å²) in [5, 5.41) is 18.3. The van der Waals surface area contributed by atoms with Crippen molar-refractivity contribution in [1.82, 2.24) is 0 Å². The molecule has 104 valence electrons. The average Bonchev–Trinajstić information content (AvgIpc) is 2.36. The molecule has 0 aliphatic rings. The molecule has 1 atom stereocenters. The van der Waals surface area contributed by atoms with Gasteiger partial charge in [-0.15, -0.1) is 12.4 Å². The highest BCUT2D eigenvalue weighted by Crippen LogP contribution is 2.35. The van der Waals surface area contributed by atoms with Gasteiger partial charge in [-0.05, 0) is 18.1 Å². The number of aliphatic hydroxyl groups excluding tert-OH is 2. The molecule has 4 N–H and O–H groups in total. The first kappa shape index (κ1) is 17.0. The van der Waals surface area contributed by atoms with E-state index in [1.807, 2.05) is 0 Å². The van der Waals surface area contributed by atoms with Gasteiger partial charge in [0.15, 0.2) is 11.5 Å². The van der Waals surface area contributed by atoms with Gasteiger partial charge < -0.3 is 25.4 Å². The minimum absolute atomic E-state index is 0. The van der Waals surface area contributed by atoms with Crippen LogP contribution in [0.1, 0.15) is 23.6 Å². The van der Waals surface area contributed by atoms with Crippen LogP contribution in [0.25, 0.3) is 0 Å². The van der Waals surface area contributed by atoms with Crippen LogP contribution >= 0.6 is 12.4 Å². The van der Waals surface area contributed by atoms with Crippen molar-refractivity contribution in [2.75, 3.05) is 20.8 Å². The number of nitrogens with two attached hydrogens (primary N) is 1. The fourth-order valence-corrected chi connectivity index (χ4v) is 1.81. The topological polar surface area (TPSA) is 84.9 Å². The predicted molar refractivity (Wildman–Crippen MR) is 71.3 cm³/mol. The molecule has 6 heteroatoms. The standard InChI is InChI=1S/C12H19NO4.ClH/c1-16-11-4-3-8(10(13)5-6-14)9(7-15)12(11)17-2;/h3-4,10,14-15H,5-7,13H2,1-2H3;1H. The number of halogens is 1. The molecule has 0 amide bonds. The lowest BCUT2D eigenvalue weighted by molar-refractivity contribution is 0.261. The minimum atomic E-state index is -0.332. The zero-order valence-electron chi connectivity index (χ0n) is 10.5. The summed E-state index contributed by atoms with van der Waals surface area (Å²) in [7, 11) is 3.05. The summed E-state index contributed by atoms with van der Waals surface area (Å²) in [5.41, 5.74) is 7.30. The summed E-state index contributed by atoms with van der Waals surface area (Å²) in [6.07, 6.45) is 0.433. The molecule has 0 aromatic heterocycles. The van der Waals surface area contributed by atoms with E-state index < -0.39 is 0 Å². The summed E-state index contributed by atoms with van der Waals surface area (Å²) in [6.45, 7) is -0.185. The minimum Gasteiger partial charge on any atom is -0.493 e. The lowest BCUT2D eigenvalue weighted by Crippen LogP contribution is -2.15. The molecule has 5 nitrogen and oxygen atoms in total. The number of hydrogen-bond acceptors (Lipinski definition) is 5. The molecule has 0 aliphatic carbocycles. The maximum Gasteiger partial charge on any atom is 0.166 e. The van der Waals surface area contributed by atoms with Crippen molar-refractivity contribution in [2.24, 2.45) is 5.73 Å². The Morgan fingerprint density at radius 1 is 1.22 bits per heavy atom. The molecular weight excluding hydrogens is 258 g/mol. The van der Waals surface area contributed by atoms with E-state index >= 15 is 0 Å². The first-order chi connectivity index (χ1) is 8.19. The van der Waals surface area contributed by atoms with Gasteiger partial charge in [0, 0.05) is 18.2 Å². The highest BCUT2D eigenvalue weighted by Gasteiger charge is 2.18. The second-order valence-electron chi connectivity index (χ2n) is 3.65. The third-order valence-corrected chi connectivity index (χ3v) is 2.68. The molecule has 1 unspecified atom stereocenters. The second-order valence-corrected chi connectivity index (χ2v) is 3.65. The van der Waals surface area contributed by atoms with Crippen molar-refractivity contribution in [3.8, 4) is 11.5 Å². The zero-order valence-corrected chi connectivity index (χ0v) is 11.4. The Kier molecular flexibility index (Phi) is 7.70. The van der Waals surface area contributed by atoms with Crippen LogP contribution in [0.3, 0.4) is 0 Å². The number of aliphatic hydroxyl groups is 2. The third kappa shape index (κ3) is 3.49. The predicted octanol–water partition coefficient (Wildman–Crippen LogP) is 1.00. The summed E-state index contributed by atoms with van der Waals surface area (Å²) in [5.74, 6) is 1.04.